The van der Waals surface area contributed by atoms with Crippen LogP contribution in [0.2, 0.25) is 0 Å². The van der Waals surface area contributed by atoms with Crippen LogP contribution >= 0.6 is 12.4 Å². The third kappa shape index (κ3) is 9.26. The average molecular weight is 404 g/mol. The van der Waals surface area contributed by atoms with Crippen molar-refractivity contribution < 1.29 is 14.7 Å². The summed E-state index contributed by atoms with van der Waals surface area (Å²) in [6.07, 6.45) is 11.1. The van der Waals surface area contributed by atoms with Crippen molar-refractivity contribution >= 4 is 24.3 Å². The van der Waals surface area contributed by atoms with E-state index in [2.05, 4.69) is 10.2 Å². The largest absolute Gasteiger partial charge is 0.480 e. The molecule has 0 aromatic carbocycles. The van der Waals surface area contributed by atoms with Gasteiger partial charge in [0.15, 0.2) is 0 Å². The van der Waals surface area contributed by atoms with Crippen LogP contribution in [-0.2, 0) is 9.59 Å². The highest BCUT2D eigenvalue weighted by atomic mass is 35.5. The standard InChI is InChI=1S/C20H37N3O3.ClH/c1-2-23(16-20(25)26)18-10-13-22(14-11-18)15-19(24)21-12-6-9-17-7-4-3-5-8-17;/h17-18H,2-16H2,1H3,(H,21,24)(H,25,26);1H. The highest BCUT2D eigenvalue weighted by Crippen LogP contribution is 2.26. The summed E-state index contributed by atoms with van der Waals surface area (Å²) in [5, 5.41) is 12.1. The maximum atomic E-state index is 12.1. The minimum atomic E-state index is -0.762. The molecule has 2 aliphatic rings. The summed E-state index contributed by atoms with van der Waals surface area (Å²) in [7, 11) is 0. The number of likely N-dealkylation sites (N-methyl/N-ethyl adjacent to an activating group) is 1. The maximum absolute atomic E-state index is 12.1. The number of likely N-dealkylation sites (tertiary alicyclic amines) is 1. The first-order valence-electron chi connectivity index (χ1n) is 10.5. The Labute approximate surface area is 170 Å². The number of halogens is 1. The molecule has 0 radical (unpaired) electrons. The van der Waals surface area contributed by atoms with Crippen LogP contribution in [0.4, 0.5) is 0 Å². The molecule has 1 aliphatic carbocycles. The molecule has 158 valence electrons. The Morgan fingerprint density at radius 2 is 1.78 bits per heavy atom. The van der Waals surface area contributed by atoms with Crippen molar-refractivity contribution in [1.29, 1.82) is 0 Å². The van der Waals surface area contributed by atoms with Gasteiger partial charge in [-0.1, -0.05) is 39.0 Å². The Morgan fingerprint density at radius 3 is 2.37 bits per heavy atom. The Balaban J connectivity index is 0.00000364. The number of nitrogens with zero attached hydrogens (tertiary/aromatic N) is 2. The lowest BCUT2D eigenvalue weighted by Gasteiger charge is -2.37. The van der Waals surface area contributed by atoms with E-state index in [-0.39, 0.29) is 24.9 Å². The Morgan fingerprint density at radius 1 is 1.11 bits per heavy atom. The summed E-state index contributed by atoms with van der Waals surface area (Å²) in [6, 6.07) is 0.325. The average Bonchev–Trinajstić information content (AvgIpc) is 2.65. The zero-order valence-corrected chi connectivity index (χ0v) is 17.6. The van der Waals surface area contributed by atoms with E-state index in [1.54, 1.807) is 0 Å². The lowest BCUT2D eigenvalue weighted by Crippen LogP contribution is -2.48. The fraction of sp³-hybridized carbons (Fsp3) is 0.900. The van der Waals surface area contributed by atoms with Gasteiger partial charge >= 0.3 is 5.97 Å². The molecule has 0 spiro atoms. The summed E-state index contributed by atoms with van der Waals surface area (Å²) < 4.78 is 0. The van der Waals surface area contributed by atoms with Crippen LogP contribution in [0.5, 0.6) is 0 Å². The van der Waals surface area contributed by atoms with Crippen LogP contribution in [0, 0.1) is 5.92 Å². The fourth-order valence-corrected chi connectivity index (χ4v) is 4.47. The number of amides is 1. The number of hydrogen-bond donors (Lipinski definition) is 2. The van der Waals surface area contributed by atoms with Gasteiger partial charge < -0.3 is 10.4 Å². The van der Waals surface area contributed by atoms with E-state index < -0.39 is 5.97 Å². The van der Waals surface area contributed by atoms with Gasteiger partial charge in [0.2, 0.25) is 5.91 Å². The molecule has 2 fully saturated rings. The molecule has 1 saturated heterocycles. The Bertz CT molecular complexity index is 436. The quantitative estimate of drug-likeness (QED) is 0.549. The summed E-state index contributed by atoms with van der Waals surface area (Å²) >= 11 is 0. The van der Waals surface area contributed by atoms with Gasteiger partial charge in [-0.05, 0) is 38.1 Å². The van der Waals surface area contributed by atoms with Crippen molar-refractivity contribution in [3.8, 4) is 0 Å². The maximum Gasteiger partial charge on any atom is 0.317 e. The van der Waals surface area contributed by atoms with Crippen LogP contribution in [-0.4, -0.2) is 72.1 Å². The van der Waals surface area contributed by atoms with E-state index in [0.29, 0.717) is 12.6 Å². The van der Waals surface area contributed by atoms with Crippen LogP contribution in [0.15, 0.2) is 0 Å². The van der Waals surface area contributed by atoms with Gasteiger partial charge in [-0.25, -0.2) is 0 Å². The SMILES string of the molecule is CCN(CC(=O)O)C1CCN(CC(=O)NCCCC2CCCCC2)CC1.Cl. The first-order valence-corrected chi connectivity index (χ1v) is 10.5. The molecule has 0 aromatic rings. The molecule has 0 bridgehead atoms. The number of carboxylic acids is 1. The highest BCUT2D eigenvalue weighted by molar-refractivity contribution is 5.85. The number of rotatable bonds is 10. The van der Waals surface area contributed by atoms with E-state index >= 15 is 0 Å². The molecule has 0 aromatic heterocycles. The third-order valence-electron chi connectivity index (χ3n) is 6.02. The fourth-order valence-electron chi connectivity index (χ4n) is 4.47. The molecule has 0 unspecified atom stereocenters. The van der Waals surface area contributed by atoms with E-state index in [1.807, 2.05) is 11.8 Å². The number of carbonyl (C=O) groups excluding carboxylic acids is 1. The molecule has 2 rings (SSSR count). The van der Waals surface area contributed by atoms with E-state index in [1.165, 1.54) is 38.5 Å². The van der Waals surface area contributed by atoms with Gasteiger partial charge in [-0.15, -0.1) is 12.4 Å². The number of carboxylic acid groups (broad SMARTS) is 1. The molecule has 7 heteroatoms. The van der Waals surface area contributed by atoms with Crippen LogP contribution in [0.25, 0.3) is 0 Å². The smallest absolute Gasteiger partial charge is 0.317 e. The minimum Gasteiger partial charge on any atom is -0.480 e. The van der Waals surface area contributed by atoms with Crippen LogP contribution in [0.3, 0.4) is 0 Å². The first kappa shape index (κ1) is 24.2. The summed E-state index contributed by atoms with van der Waals surface area (Å²) in [6.45, 7) is 5.90. The van der Waals surface area contributed by atoms with Gasteiger partial charge in [0.1, 0.15) is 0 Å². The molecular weight excluding hydrogens is 366 g/mol. The molecule has 2 N–H and O–H groups in total. The van der Waals surface area contributed by atoms with Crippen molar-refractivity contribution in [2.75, 3.05) is 39.3 Å². The lowest BCUT2D eigenvalue weighted by atomic mass is 9.86. The van der Waals surface area contributed by atoms with Crippen molar-refractivity contribution in [2.45, 2.75) is 70.8 Å². The monoisotopic (exact) mass is 403 g/mol. The second-order valence-corrected chi connectivity index (χ2v) is 7.96. The number of nitrogens with one attached hydrogen (secondary N) is 1. The highest BCUT2D eigenvalue weighted by Gasteiger charge is 2.25. The predicted octanol–water partition coefficient (Wildman–Crippen LogP) is 2.76. The summed E-state index contributed by atoms with van der Waals surface area (Å²) in [5.41, 5.74) is 0. The van der Waals surface area contributed by atoms with Gasteiger partial charge in [0.05, 0.1) is 13.1 Å². The molecular formula is C20H38ClN3O3. The molecule has 1 heterocycles. The number of carbonyl (C=O) groups is 2. The minimum absolute atomic E-state index is 0. The zero-order valence-electron chi connectivity index (χ0n) is 16.8. The van der Waals surface area contributed by atoms with Gasteiger partial charge in [-0.2, -0.15) is 0 Å². The molecule has 0 atom stereocenters. The van der Waals surface area contributed by atoms with Gasteiger partial charge in [0, 0.05) is 25.7 Å². The van der Waals surface area contributed by atoms with E-state index in [9.17, 15) is 9.59 Å². The normalized spacial score (nSPS) is 19.6. The van der Waals surface area contributed by atoms with Crippen molar-refractivity contribution in [2.24, 2.45) is 5.92 Å². The third-order valence-corrected chi connectivity index (χ3v) is 6.02. The number of aliphatic carboxylic acids is 1. The van der Waals surface area contributed by atoms with Crippen molar-refractivity contribution in [3.63, 3.8) is 0 Å². The van der Waals surface area contributed by atoms with E-state index in [4.69, 9.17) is 5.11 Å². The summed E-state index contributed by atoms with van der Waals surface area (Å²) in [4.78, 5) is 27.3. The predicted molar refractivity (Wildman–Crippen MR) is 110 cm³/mol. The molecule has 6 nitrogen and oxygen atoms in total. The lowest BCUT2D eigenvalue weighted by molar-refractivity contribution is -0.139. The summed E-state index contributed by atoms with van der Waals surface area (Å²) in [5.74, 6) is 0.249. The van der Waals surface area contributed by atoms with Crippen molar-refractivity contribution in [3.05, 3.63) is 0 Å². The molecule has 1 amide bonds. The topological polar surface area (TPSA) is 72.9 Å². The van der Waals surface area contributed by atoms with Crippen LogP contribution < -0.4 is 5.32 Å². The number of hydrogen-bond acceptors (Lipinski definition) is 4. The van der Waals surface area contributed by atoms with E-state index in [0.717, 1.165) is 51.4 Å². The molecule has 27 heavy (non-hydrogen) atoms. The Hall–Kier alpha value is -0.850. The first-order chi connectivity index (χ1) is 12.6. The molecule has 1 saturated carbocycles. The van der Waals surface area contributed by atoms with Crippen molar-refractivity contribution in [1.82, 2.24) is 15.1 Å². The van der Waals surface area contributed by atoms with Gasteiger partial charge in [-0.3, -0.25) is 19.4 Å². The molecule has 1 aliphatic heterocycles. The second-order valence-electron chi connectivity index (χ2n) is 7.96. The number of piperidine rings is 1. The van der Waals surface area contributed by atoms with Gasteiger partial charge in [0.25, 0.3) is 0 Å². The Kier molecular flexibility index (Phi) is 12.0. The zero-order chi connectivity index (χ0) is 18.8. The second kappa shape index (κ2) is 13.3. The van der Waals surface area contributed by atoms with Crippen LogP contribution in [0.1, 0.15) is 64.7 Å².